The van der Waals surface area contributed by atoms with E-state index in [1.807, 2.05) is 6.92 Å². The van der Waals surface area contributed by atoms with Crippen LogP contribution in [0.5, 0.6) is 0 Å². The fraction of sp³-hybridized carbons (Fsp3) is 0.562. The average molecular weight is 339 g/mol. The molecule has 0 amide bonds. The molecule has 2 aliphatic rings. The lowest BCUT2D eigenvalue weighted by Crippen LogP contribution is -2.47. The van der Waals surface area contributed by atoms with Crippen LogP contribution in [0.3, 0.4) is 0 Å². The van der Waals surface area contributed by atoms with E-state index in [4.69, 9.17) is 9.84 Å². The van der Waals surface area contributed by atoms with Gasteiger partial charge in [0, 0.05) is 12.6 Å². The summed E-state index contributed by atoms with van der Waals surface area (Å²) in [5, 5.41) is 9.10. The predicted molar refractivity (Wildman–Crippen MR) is 83.7 cm³/mol. The first-order valence-electron chi connectivity index (χ1n) is 7.87. The van der Waals surface area contributed by atoms with Gasteiger partial charge in [-0.1, -0.05) is 6.07 Å². The number of carbonyl (C=O) groups is 1. The molecule has 6 nitrogen and oxygen atoms in total. The van der Waals surface area contributed by atoms with Crippen molar-refractivity contribution < 1.29 is 23.1 Å². The number of nitrogens with one attached hydrogen (secondary N) is 1. The SMILES string of the molecule is CCOC1CC(NS(=O)(=O)c2ccc3c(c2)CC(C(=O)O)C3)C1. The van der Waals surface area contributed by atoms with Crippen LogP contribution in [0.25, 0.3) is 0 Å². The Balaban J connectivity index is 1.68. The molecule has 0 aromatic heterocycles. The third kappa shape index (κ3) is 3.41. The maximum absolute atomic E-state index is 12.4. The highest BCUT2D eigenvalue weighted by atomic mass is 32.2. The van der Waals surface area contributed by atoms with Crippen LogP contribution in [0.15, 0.2) is 23.1 Å². The van der Waals surface area contributed by atoms with Crippen LogP contribution in [0.1, 0.15) is 30.9 Å². The molecule has 126 valence electrons. The molecule has 7 heteroatoms. The van der Waals surface area contributed by atoms with Crippen LogP contribution >= 0.6 is 0 Å². The van der Waals surface area contributed by atoms with Gasteiger partial charge in [-0.25, -0.2) is 13.1 Å². The van der Waals surface area contributed by atoms with Gasteiger partial charge in [-0.15, -0.1) is 0 Å². The fourth-order valence-corrected chi connectivity index (χ4v) is 4.57. The fourth-order valence-electron chi connectivity index (χ4n) is 3.26. The van der Waals surface area contributed by atoms with E-state index in [9.17, 15) is 13.2 Å². The molecule has 1 unspecified atom stereocenters. The standard InChI is InChI=1S/C16H21NO5S/c1-2-22-14-8-13(9-14)17-23(20,21)15-4-3-10-5-12(16(18)19)6-11(10)7-15/h3-4,7,12-14,17H,2,5-6,8-9H2,1H3,(H,18,19). The first kappa shape index (κ1) is 16.4. The number of carboxylic acid groups (broad SMARTS) is 1. The van der Waals surface area contributed by atoms with E-state index in [-0.39, 0.29) is 17.0 Å². The lowest BCUT2D eigenvalue weighted by molar-refractivity contribution is -0.141. The highest BCUT2D eigenvalue weighted by Gasteiger charge is 2.34. The minimum absolute atomic E-state index is 0.0865. The van der Waals surface area contributed by atoms with Crippen LogP contribution in [0.4, 0.5) is 0 Å². The van der Waals surface area contributed by atoms with Crippen molar-refractivity contribution in [2.45, 2.75) is 49.6 Å². The summed E-state index contributed by atoms with van der Waals surface area (Å²) in [6.07, 6.45) is 2.39. The average Bonchev–Trinajstić information content (AvgIpc) is 2.88. The predicted octanol–water partition coefficient (Wildman–Crippen LogP) is 1.33. The lowest BCUT2D eigenvalue weighted by Gasteiger charge is -2.35. The Hall–Kier alpha value is -1.44. The third-order valence-corrected chi connectivity index (χ3v) is 6.11. The maximum atomic E-state index is 12.4. The molecule has 0 aliphatic heterocycles. The highest BCUT2D eigenvalue weighted by Crippen LogP contribution is 2.30. The van der Waals surface area contributed by atoms with E-state index < -0.39 is 21.9 Å². The van der Waals surface area contributed by atoms with Crippen molar-refractivity contribution in [2.75, 3.05) is 6.61 Å². The Kier molecular flexibility index (Phi) is 4.44. The molecule has 0 heterocycles. The zero-order valence-electron chi connectivity index (χ0n) is 13.0. The van der Waals surface area contributed by atoms with Crippen LogP contribution in [0.2, 0.25) is 0 Å². The van der Waals surface area contributed by atoms with E-state index in [0.717, 1.165) is 11.1 Å². The molecule has 0 saturated heterocycles. The molecule has 1 saturated carbocycles. The van der Waals surface area contributed by atoms with Crippen LogP contribution in [0, 0.1) is 5.92 Å². The molecule has 0 bridgehead atoms. The van der Waals surface area contributed by atoms with Crippen molar-refractivity contribution in [3.8, 4) is 0 Å². The van der Waals surface area contributed by atoms with Gasteiger partial charge in [-0.2, -0.15) is 0 Å². The van der Waals surface area contributed by atoms with Gasteiger partial charge < -0.3 is 9.84 Å². The normalized spacial score (nSPS) is 26.6. The first-order chi connectivity index (χ1) is 10.9. The molecule has 0 spiro atoms. The van der Waals surface area contributed by atoms with E-state index in [0.29, 0.717) is 32.3 Å². The van der Waals surface area contributed by atoms with Gasteiger partial charge in [0.25, 0.3) is 0 Å². The van der Waals surface area contributed by atoms with Crippen molar-refractivity contribution in [2.24, 2.45) is 5.92 Å². The zero-order valence-corrected chi connectivity index (χ0v) is 13.8. The van der Waals surface area contributed by atoms with Gasteiger partial charge in [0.1, 0.15) is 0 Å². The molecular weight excluding hydrogens is 318 g/mol. The third-order valence-electron chi connectivity index (χ3n) is 4.59. The lowest BCUT2D eigenvalue weighted by atomic mass is 9.90. The van der Waals surface area contributed by atoms with Crippen LogP contribution < -0.4 is 4.72 Å². The largest absolute Gasteiger partial charge is 0.481 e. The highest BCUT2D eigenvalue weighted by molar-refractivity contribution is 7.89. The molecular formula is C16H21NO5S. The molecule has 1 atom stereocenters. The molecule has 1 fully saturated rings. The van der Waals surface area contributed by atoms with Gasteiger partial charge in [-0.3, -0.25) is 4.79 Å². The smallest absolute Gasteiger partial charge is 0.307 e. The minimum Gasteiger partial charge on any atom is -0.481 e. The quantitative estimate of drug-likeness (QED) is 0.816. The number of sulfonamides is 1. The summed E-state index contributed by atoms with van der Waals surface area (Å²) in [6.45, 7) is 2.56. The maximum Gasteiger partial charge on any atom is 0.307 e. The number of rotatable bonds is 6. The number of hydrogen-bond donors (Lipinski definition) is 2. The van der Waals surface area contributed by atoms with E-state index >= 15 is 0 Å². The molecule has 2 N–H and O–H groups in total. The zero-order chi connectivity index (χ0) is 16.6. The minimum atomic E-state index is -3.57. The Bertz CT molecular complexity index is 709. The summed E-state index contributed by atoms with van der Waals surface area (Å²) in [5.74, 6) is -1.28. The Morgan fingerprint density at radius 2 is 2.00 bits per heavy atom. The van der Waals surface area contributed by atoms with Gasteiger partial charge in [0.05, 0.1) is 16.9 Å². The molecule has 1 aromatic rings. The summed E-state index contributed by atoms with van der Waals surface area (Å²) in [5.41, 5.74) is 1.75. The monoisotopic (exact) mass is 339 g/mol. The molecule has 1 aromatic carbocycles. The summed E-state index contributed by atoms with van der Waals surface area (Å²) < 4.78 is 33.0. The summed E-state index contributed by atoms with van der Waals surface area (Å²) in [6, 6.07) is 4.82. The van der Waals surface area contributed by atoms with Gasteiger partial charge in [0.2, 0.25) is 10.0 Å². The Morgan fingerprint density at radius 1 is 1.30 bits per heavy atom. The van der Waals surface area contributed by atoms with Crippen molar-refractivity contribution in [3.05, 3.63) is 29.3 Å². The second-order valence-electron chi connectivity index (χ2n) is 6.24. The Labute approximate surface area is 135 Å². The van der Waals surface area contributed by atoms with Crippen molar-refractivity contribution in [1.82, 2.24) is 4.72 Å². The van der Waals surface area contributed by atoms with E-state index in [2.05, 4.69) is 4.72 Å². The number of hydrogen-bond acceptors (Lipinski definition) is 4. The van der Waals surface area contributed by atoms with Crippen LogP contribution in [-0.2, 0) is 32.4 Å². The summed E-state index contributed by atoms with van der Waals surface area (Å²) in [4.78, 5) is 11.3. The first-order valence-corrected chi connectivity index (χ1v) is 9.36. The van der Waals surface area contributed by atoms with Gasteiger partial charge in [-0.05, 0) is 55.9 Å². The number of carboxylic acids is 1. The molecule has 3 rings (SSSR count). The number of aliphatic carboxylic acids is 1. The number of fused-ring (bicyclic) bond motifs is 1. The molecule has 23 heavy (non-hydrogen) atoms. The van der Waals surface area contributed by atoms with Crippen molar-refractivity contribution >= 4 is 16.0 Å². The van der Waals surface area contributed by atoms with E-state index in [1.165, 1.54) is 0 Å². The summed E-state index contributed by atoms with van der Waals surface area (Å²) in [7, 11) is -3.57. The van der Waals surface area contributed by atoms with Gasteiger partial charge in [0.15, 0.2) is 0 Å². The van der Waals surface area contributed by atoms with Gasteiger partial charge >= 0.3 is 5.97 Å². The second kappa shape index (κ2) is 6.22. The molecule has 0 radical (unpaired) electrons. The van der Waals surface area contributed by atoms with E-state index in [1.54, 1.807) is 18.2 Å². The molecule has 2 aliphatic carbocycles. The van der Waals surface area contributed by atoms with Crippen LogP contribution in [-0.4, -0.2) is 38.2 Å². The van der Waals surface area contributed by atoms with Crippen molar-refractivity contribution in [1.29, 1.82) is 0 Å². The summed E-state index contributed by atoms with van der Waals surface area (Å²) >= 11 is 0. The van der Waals surface area contributed by atoms with Crippen molar-refractivity contribution in [3.63, 3.8) is 0 Å². The topological polar surface area (TPSA) is 92.7 Å². The number of ether oxygens (including phenoxy) is 1. The number of benzene rings is 1. The Morgan fingerprint density at radius 3 is 2.65 bits per heavy atom. The second-order valence-corrected chi connectivity index (χ2v) is 7.95.